The van der Waals surface area contributed by atoms with Crippen molar-refractivity contribution < 1.29 is 4.39 Å². The van der Waals surface area contributed by atoms with Gasteiger partial charge in [0.25, 0.3) is 0 Å². The molecule has 0 N–H and O–H groups in total. The molecule has 0 saturated carbocycles. The normalized spacial score (nSPS) is 11.1. The Morgan fingerprint density at radius 1 is 1.16 bits per heavy atom. The summed E-state index contributed by atoms with van der Waals surface area (Å²) >= 11 is 11.8. The summed E-state index contributed by atoms with van der Waals surface area (Å²) in [5.41, 5.74) is 2.31. The van der Waals surface area contributed by atoms with E-state index in [1.54, 1.807) is 6.07 Å². The van der Waals surface area contributed by atoms with Crippen molar-refractivity contribution in [2.75, 3.05) is 0 Å². The molecule has 0 fully saturated rings. The number of hydrogen-bond donors (Lipinski definition) is 0. The summed E-state index contributed by atoms with van der Waals surface area (Å²) in [6, 6.07) is 12.0. The van der Waals surface area contributed by atoms with Gasteiger partial charge in [-0.05, 0) is 30.3 Å². The van der Waals surface area contributed by atoms with Crippen molar-refractivity contribution in [2.24, 2.45) is 0 Å². The number of alkyl halides is 1. The monoisotopic (exact) mass is 294 g/mol. The Morgan fingerprint density at radius 3 is 2.68 bits per heavy atom. The Hall–Kier alpha value is -1.58. The van der Waals surface area contributed by atoms with Crippen LogP contribution in [-0.4, -0.2) is 9.55 Å². The van der Waals surface area contributed by atoms with Crippen molar-refractivity contribution in [1.29, 1.82) is 0 Å². The lowest BCUT2D eigenvalue weighted by Gasteiger charge is -2.08. The molecule has 3 aromatic rings. The third kappa shape index (κ3) is 2.20. The zero-order valence-corrected chi connectivity index (χ0v) is 11.3. The summed E-state index contributed by atoms with van der Waals surface area (Å²) in [6.07, 6.45) is 0. The van der Waals surface area contributed by atoms with Gasteiger partial charge in [-0.25, -0.2) is 9.37 Å². The van der Waals surface area contributed by atoms with E-state index in [-0.39, 0.29) is 11.7 Å². The van der Waals surface area contributed by atoms with Gasteiger partial charge in [0.1, 0.15) is 11.6 Å². The number of halogens is 3. The van der Waals surface area contributed by atoms with Crippen LogP contribution in [0.2, 0.25) is 5.02 Å². The first kappa shape index (κ1) is 12.5. The fourth-order valence-electron chi connectivity index (χ4n) is 2.12. The molecule has 5 heteroatoms. The van der Waals surface area contributed by atoms with E-state index in [0.717, 1.165) is 11.0 Å². The quantitative estimate of drug-likeness (QED) is 0.634. The fourth-order valence-corrected chi connectivity index (χ4v) is 2.52. The topological polar surface area (TPSA) is 17.8 Å². The summed E-state index contributed by atoms with van der Waals surface area (Å²) in [5, 5.41) is 0.341. The largest absolute Gasteiger partial charge is 0.295 e. The minimum absolute atomic E-state index is 0.239. The van der Waals surface area contributed by atoms with Crippen molar-refractivity contribution in [1.82, 2.24) is 9.55 Å². The van der Waals surface area contributed by atoms with Gasteiger partial charge >= 0.3 is 0 Å². The molecular formula is C14H9Cl2FN2. The van der Waals surface area contributed by atoms with Crippen LogP contribution in [0.4, 0.5) is 4.39 Å². The fraction of sp³-hybridized carbons (Fsp3) is 0.0714. The van der Waals surface area contributed by atoms with Crippen LogP contribution in [0.5, 0.6) is 0 Å². The molecule has 0 atom stereocenters. The van der Waals surface area contributed by atoms with Gasteiger partial charge in [0.05, 0.1) is 22.6 Å². The Morgan fingerprint density at radius 2 is 1.95 bits per heavy atom. The Labute approximate surface area is 119 Å². The molecule has 0 aliphatic heterocycles. The van der Waals surface area contributed by atoms with Gasteiger partial charge in [0.2, 0.25) is 0 Å². The number of benzene rings is 2. The van der Waals surface area contributed by atoms with Gasteiger partial charge in [0, 0.05) is 5.02 Å². The first-order chi connectivity index (χ1) is 9.19. The molecule has 0 saturated heterocycles. The Balaban J connectivity index is 2.34. The van der Waals surface area contributed by atoms with Gasteiger partial charge in [-0.3, -0.25) is 4.57 Å². The highest BCUT2D eigenvalue weighted by Gasteiger charge is 2.12. The lowest BCUT2D eigenvalue weighted by Crippen LogP contribution is -1.99. The molecule has 2 nitrogen and oxygen atoms in total. The second kappa shape index (κ2) is 4.83. The van der Waals surface area contributed by atoms with Gasteiger partial charge < -0.3 is 0 Å². The Bertz CT molecular complexity index is 732. The van der Waals surface area contributed by atoms with E-state index >= 15 is 0 Å². The van der Waals surface area contributed by atoms with Crippen LogP contribution in [-0.2, 0) is 5.88 Å². The summed E-state index contributed by atoms with van der Waals surface area (Å²) in [6.45, 7) is 0. The predicted octanol–water partition coefficient (Wildman–Crippen LogP) is 4.56. The van der Waals surface area contributed by atoms with Crippen LogP contribution in [0.3, 0.4) is 0 Å². The molecule has 3 rings (SSSR count). The maximum Gasteiger partial charge on any atom is 0.129 e. The van der Waals surface area contributed by atoms with Crippen LogP contribution >= 0.6 is 23.2 Å². The lowest BCUT2D eigenvalue weighted by molar-refractivity contribution is 0.626. The third-order valence-electron chi connectivity index (χ3n) is 2.86. The number of para-hydroxylation sites is 2. The van der Waals surface area contributed by atoms with Crippen molar-refractivity contribution in [3.63, 3.8) is 0 Å². The molecular weight excluding hydrogens is 286 g/mol. The smallest absolute Gasteiger partial charge is 0.129 e. The van der Waals surface area contributed by atoms with E-state index in [2.05, 4.69) is 4.98 Å². The maximum atomic E-state index is 13.5. The molecule has 1 heterocycles. The summed E-state index contributed by atoms with van der Waals surface area (Å²) in [7, 11) is 0. The molecule has 1 aromatic heterocycles. The van der Waals surface area contributed by atoms with E-state index in [1.165, 1.54) is 12.1 Å². The summed E-state index contributed by atoms with van der Waals surface area (Å²) in [4.78, 5) is 4.43. The molecule has 2 aromatic carbocycles. The highest BCUT2D eigenvalue weighted by Crippen LogP contribution is 2.25. The SMILES string of the molecule is Fc1cc(Cl)cc(-n2c(CCl)nc3ccccc32)c1. The first-order valence-electron chi connectivity index (χ1n) is 5.68. The zero-order chi connectivity index (χ0) is 13.4. The number of nitrogens with zero attached hydrogens (tertiary/aromatic N) is 2. The van der Waals surface area contributed by atoms with Crippen LogP contribution in [0.1, 0.15) is 5.82 Å². The zero-order valence-electron chi connectivity index (χ0n) is 9.78. The predicted molar refractivity (Wildman–Crippen MR) is 75.6 cm³/mol. The van der Waals surface area contributed by atoms with Gasteiger partial charge in [0.15, 0.2) is 0 Å². The average Bonchev–Trinajstić information content (AvgIpc) is 2.75. The highest BCUT2D eigenvalue weighted by atomic mass is 35.5. The molecule has 0 aliphatic rings. The van der Waals surface area contributed by atoms with Crippen molar-refractivity contribution in [3.8, 4) is 5.69 Å². The molecule has 0 aliphatic carbocycles. The summed E-state index contributed by atoms with van der Waals surface area (Å²) < 4.78 is 15.3. The molecule has 0 amide bonds. The lowest BCUT2D eigenvalue weighted by atomic mass is 10.2. The molecule has 96 valence electrons. The van der Waals surface area contributed by atoms with Crippen LogP contribution in [0.15, 0.2) is 42.5 Å². The standard InChI is InChI=1S/C14H9Cl2FN2/c15-8-14-18-12-3-1-2-4-13(12)19(14)11-6-9(16)5-10(17)7-11/h1-7H,8H2. The van der Waals surface area contributed by atoms with Gasteiger partial charge in [-0.15, -0.1) is 11.6 Å². The van der Waals surface area contributed by atoms with E-state index in [1.807, 2.05) is 28.8 Å². The van der Waals surface area contributed by atoms with Crippen molar-refractivity contribution in [2.45, 2.75) is 5.88 Å². The van der Waals surface area contributed by atoms with Crippen molar-refractivity contribution >= 4 is 34.2 Å². The maximum absolute atomic E-state index is 13.5. The van der Waals surface area contributed by atoms with E-state index in [0.29, 0.717) is 16.5 Å². The number of hydrogen-bond acceptors (Lipinski definition) is 1. The average molecular weight is 295 g/mol. The van der Waals surface area contributed by atoms with E-state index < -0.39 is 0 Å². The van der Waals surface area contributed by atoms with Crippen LogP contribution in [0.25, 0.3) is 16.7 Å². The van der Waals surface area contributed by atoms with Gasteiger partial charge in [-0.1, -0.05) is 23.7 Å². The molecule has 0 unspecified atom stereocenters. The number of imidazole rings is 1. The second-order valence-corrected chi connectivity index (χ2v) is 4.82. The molecule has 19 heavy (non-hydrogen) atoms. The van der Waals surface area contributed by atoms with Crippen LogP contribution < -0.4 is 0 Å². The van der Waals surface area contributed by atoms with Crippen LogP contribution in [0, 0.1) is 5.82 Å². The number of rotatable bonds is 2. The minimum atomic E-state index is -0.388. The van der Waals surface area contributed by atoms with Crippen molar-refractivity contribution in [3.05, 3.63) is 59.1 Å². The number of fused-ring (bicyclic) bond motifs is 1. The Kier molecular flexibility index (Phi) is 3.17. The second-order valence-electron chi connectivity index (χ2n) is 4.11. The third-order valence-corrected chi connectivity index (χ3v) is 3.31. The molecule has 0 bridgehead atoms. The molecule has 0 spiro atoms. The highest BCUT2D eigenvalue weighted by molar-refractivity contribution is 6.30. The first-order valence-corrected chi connectivity index (χ1v) is 6.59. The summed E-state index contributed by atoms with van der Waals surface area (Å²) in [5.74, 6) is 0.508. The van der Waals surface area contributed by atoms with Gasteiger partial charge in [-0.2, -0.15) is 0 Å². The minimum Gasteiger partial charge on any atom is -0.295 e. The number of aromatic nitrogens is 2. The van der Waals surface area contributed by atoms with E-state index in [4.69, 9.17) is 23.2 Å². The molecule has 0 radical (unpaired) electrons. The van der Waals surface area contributed by atoms with E-state index in [9.17, 15) is 4.39 Å².